The van der Waals surface area contributed by atoms with E-state index in [2.05, 4.69) is 64.8 Å². The lowest BCUT2D eigenvalue weighted by Crippen LogP contribution is -2.55. The van der Waals surface area contributed by atoms with Crippen LogP contribution in [0.4, 0.5) is 5.69 Å². The Bertz CT molecular complexity index is 423. The third-order valence-corrected chi connectivity index (χ3v) is 4.91. The monoisotopic (exact) mass is 325 g/mol. The zero-order valence-corrected chi connectivity index (χ0v) is 13.7. The van der Waals surface area contributed by atoms with Crippen molar-refractivity contribution in [3.63, 3.8) is 0 Å². The molecule has 1 saturated heterocycles. The highest BCUT2D eigenvalue weighted by molar-refractivity contribution is 9.10. The fourth-order valence-corrected chi connectivity index (χ4v) is 3.27. The van der Waals surface area contributed by atoms with E-state index >= 15 is 0 Å². The van der Waals surface area contributed by atoms with Crippen molar-refractivity contribution in [2.75, 3.05) is 31.6 Å². The highest BCUT2D eigenvalue weighted by Crippen LogP contribution is 2.27. The molecule has 0 aliphatic carbocycles. The molecule has 2 unspecified atom stereocenters. The smallest absolute Gasteiger partial charge is 0.0378 e. The Hall–Kier alpha value is -0.580. The number of likely N-dealkylation sites (N-methyl/N-ethyl adjacent to an activating group) is 1. The van der Waals surface area contributed by atoms with E-state index in [9.17, 15) is 0 Å². The van der Waals surface area contributed by atoms with Gasteiger partial charge in [-0.25, -0.2) is 0 Å². The SMILES string of the molecule is CC1CN(c2ccc(CCN)c(Br)c2)CC(C)N1C. The van der Waals surface area contributed by atoms with Gasteiger partial charge in [-0.3, -0.25) is 4.90 Å². The van der Waals surface area contributed by atoms with Crippen LogP contribution in [0.25, 0.3) is 0 Å². The second-order valence-electron chi connectivity index (χ2n) is 5.58. The summed E-state index contributed by atoms with van der Waals surface area (Å²) in [7, 11) is 2.22. The predicted molar refractivity (Wildman–Crippen MR) is 85.8 cm³/mol. The van der Waals surface area contributed by atoms with Gasteiger partial charge in [-0.05, 0) is 51.6 Å². The summed E-state index contributed by atoms with van der Waals surface area (Å²) >= 11 is 3.66. The van der Waals surface area contributed by atoms with Crippen molar-refractivity contribution in [2.45, 2.75) is 32.4 Å². The van der Waals surface area contributed by atoms with E-state index in [1.54, 1.807) is 0 Å². The number of hydrogen-bond donors (Lipinski definition) is 1. The number of nitrogens with zero attached hydrogens (tertiary/aromatic N) is 2. The first-order chi connectivity index (χ1) is 9.02. The number of halogens is 1. The number of nitrogens with two attached hydrogens (primary N) is 1. The molecular weight excluding hydrogens is 302 g/mol. The molecule has 0 bridgehead atoms. The maximum Gasteiger partial charge on any atom is 0.0378 e. The summed E-state index contributed by atoms with van der Waals surface area (Å²) in [6.45, 7) is 7.45. The zero-order chi connectivity index (χ0) is 14.0. The largest absolute Gasteiger partial charge is 0.368 e. The molecule has 4 heteroatoms. The van der Waals surface area contributed by atoms with Gasteiger partial charge in [-0.2, -0.15) is 0 Å². The maximum atomic E-state index is 5.63. The normalized spacial score (nSPS) is 24.8. The summed E-state index contributed by atoms with van der Waals surface area (Å²) in [4.78, 5) is 4.93. The molecule has 19 heavy (non-hydrogen) atoms. The highest BCUT2D eigenvalue weighted by atomic mass is 79.9. The minimum absolute atomic E-state index is 0.589. The Morgan fingerprint density at radius 1 is 1.26 bits per heavy atom. The van der Waals surface area contributed by atoms with E-state index in [4.69, 9.17) is 5.73 Å². The number of hydrogen-bond acceptors (Lipinski definition) is 3. The summed E-state index contributed by atoms with van der Waals surface area (Å²) in [5.41, 5.74) is 8.22. The molecule has 1 aliphatic rings. The van der Waals surface area contributed by atoms with Crippen LogP contribution in [-0.4, -0.2) is 43.7 Å². The molecule has 2 N–H and O–H groups in total. The third kappa shape index (κ3) is 3.30. The van der Waals surface area contributed by atoms with E-state index in [0.717, 1.165) is 19.5 Å². The average molecular weight is 326 g/mol. The molecule has 106 valence electrons. The van der Waals surface area contributed by atoms with Crippen LogP contribution in [0.5, 0.6) is 0 Å². The van der Waals surface area contributed by atoms with Crippen molar-refractivity contribution in [1.29, 1.82) is 0 Å². The summed E-state index contributed by atoms with van der Waals surface area (Å²) in [5.74, 6) is 0. The van der Waals surface area contributed by atoms with Gasteiger partial charge in [-0.15, -0.1) is 0 Å². The van der Waals surface area contributed by atoms with Crippen LogP contribution in [0.15, 0.2) is 22.7 Å². The van der Waals surface area contributed by atoms with Gasteiger partial charge in [-0.1, -0.05) is 22.0 Å². The average Bonchev–Trinajstić information content (AvgIpc) is 2.38. The molecule has 1 fully saturated rings. The molecule has 0 aromatic heterocycles. The number of rotatable bonds is 3. The Balaban J connectivity index is 2.16. The summed E-state index contributed by atoms with van der Waals surface area (Å²) in [6, 6.07) is 7.83. The molecule has 0 spiro atoms. The molecule has 2 rings (SSSR count). The van der Waals surface area contributed by atoms with Crippen molar-refractivity contribution < 1.29 is 0 Å². The van der Waals surface area contributed by atoms with E-state index < -0.39 is 0 Å². The van der Waals surface area contributed by atoms with Crippen molar-refractivity contribution in [1.82, 2.24) is 4.90 Å². The minimum Gasteiger partial charge on any atom is -0.368 e. The molecule has 0 saturated carbocycles. The van der Waals surface area contributed by atoms with Crippen LogP contribution in [0.1, 0.15) is 19.4 Å². The van der Waals surface area contributed by atoms with E-state index in [0.29, 0.717) is 18.6 Å². The summed E-state index contributed by atoms with van der Waals surface area (Å²) < 4.78 is 1.18. The Morgan fingerprint density at radius 3 is 2.42 bits per heavy atom. The number of piperazine rings is 1. The van der Waals surface area contributed by atoms with E-state index in [-0.39, 0.29) is 0 Å². The Kier molecular flexibility index (Phi) is 4.87. The molecule has 1 heterocycles. The van der Waals surface area contributed by atoms with Crippen LogP contribution in [0.3, 0.4) is 0 Å². The Labute approximate surface area is 124 Å². The lowest BCUT2D eigenvalue weighted by molar-refractivity contribution is 0.170. The zero-order valence-electron chi connectivity index (χ0n) is 12.1. The summed E-state index contributed by atoms with van der Waals surface area (Å²) in [5, 5.41) is 0. The highest BCUT2D eigenvalue weighted by Gasteiger charge is 2.26. The molecule has 1 aliphatic heterocycles. The molecule has 0 radical (unpaired) electrons. The minimum atomic E-state index is 0.589. The van der Waals surface area contributed by atoms with E-state index in [1.807, 2.05) is 0 Å². The van der Waals surface area contributed by atoms with Gasteiger partial charge in [0.05, 0.1) is 0 Å². The van der Waals surface area contributed by atoms with Gasteiger partial charge < -0.3 is 10.6 Å². The molecule has 1 aromatic rings. The van der Waals surface area contributed by atoms with Gasteiger partial charge in [0.1, 0.15) is 0 Å². The predicted octanol–water partition coefficient (Wildman–Crippen LogP) is 2.48. The van der Waals surface area contributed by atoms with Gasteiger partial charge >= 0.3 is 0 Å². The van der Waals surface area contributed by atoms with Crippen LogP contribution in [0, 0.1) is 0 Å². The van der Waals surface area contributed by atoms with Crippen molar-refractivity contribution in [2.24, 2.45) is 5.73 Å². The number of benzene rings is 1. The Morgan fingerprint density at radius 2 is 1.89 bits per heavy atom. The molecule has 3 nitrogen and oxygen atoms in total. The topological polar surface area (TPSA) is 32.5 Å². The molecule has 2 atom stereocenters. The van der Waals surface area contributed by atoms with E-state index in [1.165, 1.54) is 15.7 Å². The first-order valence-corrected chi connectivity index (χ1v) is 7.77. The first-order valence-electron chi connectivity index (χ1n) is 6.98. The first kappa shape index (κ1) is 14.8. The molecule has 1 aromatic carbocycles. The third-order valence-electron chi connectivity index (χ3n) is 4.18. The molecular formula is C15H24BrN3. The van der Waals surface area contributed by atoms with Gasteiger partial charge in [0.15, 0.2) is 0 Å². The van der Waals surface area contributed by atoms with Crippen LogP contribution in [0.2, 0.25) is 0 Å². The maximum absolute atomic E-state index is 5.63. The second-order valence-corrected chi connectivity index (χ2v) is 6.44. The lowest BCUT2D eigenvalue weighted by atomic mass is 10.1. The molecule has 0 amide bonds. The van der Waals surface area contributed by atoms with Gasteiger partial charge in [0, 0.05) is 35.3 Å². The fraction of sp³-hybridized carbons (Fsp3) is 0.600. The second kappa shape index (κ2) is 6.25. The van der Waals surface area contributed by atoms with Gasteiger partial charge in [0.2, 0.25) is 0 Å². The van der Waals surface area contributed by atoms with Crippen molar-refractivity contribution in [3.05, 3.63) is 28.2 Å². The van der Waals surface area contributed by atoms with Crippen LogP contribution >= 0.6 is 15.9 Å². The summed E-state index contributed by atoms with van der Waals surface area (Å²) in [6.07, 6.45) is 0.927. The lowest BCUT2D eigenvalue weighted by Gasteiger charge is -2.43. The number of anilines is 1. The van der Waals surface area contributed by atoms with Crippen molar-refractivity contribution in [3.8, 4) is 0 Å². The van der Waals surface area contributed by atoms with Crippen LogP contribution in [-0.2, 0) is 6.42 Å². The van der Waals surface area contributed by atoms with Crippen molar-refractivity contribution >= 4 is 21.6 Å². The standard InChI is InChI=1S/C15H24BrN3/c1-11-9-19(10-12(2)18(11)3)14-5-4-13(6-7-17)15(16)8-14/h4-5,8,11-12H,6-7,9-10,17H2,1-3H3. The van der Waals surface area contributed by atoms with Crippen LogP contribution < -0.4 is 10.6 Å². The fourth-order valence-electron chi connectivity index (χ4n) is 2.71. The quantitative estimate of drug-likeness (QED) is 0.926. The van der Waals surface area contributed by atoms with Gasteiger partial charge in [0.25, 0.3) is 0 Å².